The summed E-state index contributed by atoms with van der Waals surface area (Å²) in [4.78, 5) is 9.46. The Bertz CT molecular complexity index is 801. The number of thiazole rings is 1. The smallest absolute Gasteiger partial charge is 0.270 e. The van der Waals surface area contributed by atoms with Crippen molar-refractivity contribution in [3.8, 4) is 22.2 Å². The molecule has 0 bridgehead atoms. The van der Waals surface area contributed by atoms with Crippen LogP contribution in [-0.2, 0) is 6.54 Å². The van der Waals surface area contributed by atoms with Gasteiger partial charge in [0.15, 0.2) is 0 Å². The minimum absolute atomic E-state index is 0.339. The summed E-state index contributed by atoms with van der Waals surface area (Å²) in [6.45, 7) is 2.24. The fourth-order valence-electron chi connectivity index (χ4n) is 1.81. The number of hydrogen-bond acceptors (Lipinski definition) is 6. The molecule has 3 aromatic rings. The first kappa shape index (κ1) is 14.3. The lowest BCUT2D eigenvalue weighted by Gasteiger charge is -1.96. The first-order valence-electron chi connectivity index (χ1n) is 6.04. The Hall–Kier alpha value is -1.64. The number of nitrogens with zero attached hydrogens (tertiary/aromatic N) is 3. The van der Waals surface area contributed by atoms with Gasteiger partial charge in [0.1, 0.15) is 15.7 Å². The van der Waals surface area contributed by atoms with Crippen LogP contribution in [0.4, 0.5) is 4.39 Å². The molecule has 3 rings (SSSR count). The van der Waals surface area contributed by atoms with Crippen molar-refractivity contribution in [1.29, 1.82) is 0 Å². The maximum atomic E-state index is 13.2. The molecular formula is C13H10BrFN4OS. The third kappa shape index (κ3) is 2.74. The zero-order chi connectivity index (χ0) is 15.0. The zero-order valence-electron chi connectivity index (χ0n) is 10.9. The Labute approximate surface area is 132 Å². The van der Waals surface area contributed by atoms with Gasteiger partial charge < -0.3 is 10.3 Å². The van der Waals surface area contributed by atoms with Gasteiger partial charge in [-0.25, -0.2) is 9.37 Å². The monoisotopic (exact) mass is 368 g/mol. The van der Waals surface area contributed by atoms with Crippen LogP contribution in [0.25, 0.3) is 22.2 Å². The second-order valence-electron chi connectivity index (χ2n) is 4.28. The minimum atomic E-state index is -0.339. The molecule has 0 aliphatic rings. The van der Waals surface area contributed by atoms with Crippen molar-refractivity contribution in [3.63, 3.8) is 0 Å². The molecule has 0 fully saturated rings. The summed E-state index contributed by atoms with van der Waals surface area (Å²) < 4.78 is 18.9. The van der Waals surface area contributed by atoms with Gasteiger partial charge in [-0.15, -0.1) is 11.3 Å². The average Bonchev–Trinajstić information content (AvgIpc) is 3.08. The molecule has 5 nitrogen and oxygen atoms in total. The Morgan fingerprint density at radius 3 is 2.86 bits per heavy atom. The van der Waals surface area contributed by atoms with Crippen molar-refractivity contribution in [2.75, 3.05) is 0 Å². The highest BCUT2D eigenvalue weighted by Gasteiger charge is 2.17. The van der Waals surface area contributed by atoms with Crippen LogP contribution in [-0.4, -0.2) is 15.1 Å². The van der Waals surface area contributed by atoms with Crippen LogP contribution < -0.4 is 5.73 Å². The van der Waals surface area contributed by atoms with Crippen LogP contribution in [0.2, 0.25) is 0 Å². The molecule has 2 aromatic heterocycles. The fraction of sp³-hybridized carbons (Fsp3) is 0.154. The van der Waals surface area contributed by atoms with Crippen LogP contribution in [0.1, 0.15) is 10.7 Å². The van der Waals surface area contributed by atoms with Gasteiger partial charge in [-0.05, 0) is 41.1 Å². The van der Waals surface area contributed by atoms with Gasteiger partial charge in [0.05, 0.1) is 10.2 Å². The molecule has 21 heavy (non-hydrogen) atoms. The van der Waals surface area contributed by atoms with Gasteiger partial charge in [-0.3, -0.25) is 0 Å². The van der Waals surface area contributed by atoms with E-state index in [9.17, 15) is 4.39 Å². The maximum Gasteiger partial charge on any atom is 0.270 e. The van der Waals surface area contributed by atoms with Crippen LogP contribution in [0.5, 0.6) is 0 Å². The van der Waals surface area contributed by atoms with Crippen LogP contribution in [0, 0.1) is 12.7 Å². The van der Waals surface area contributed by atoms with Gasteiger partial charge in [0, 0.05) is 12.1 Å². The molecule has 0 spiro atoms. The third-order valence-corrected chi connectivity index (χ3v) is 4.59. The minimum Gasteiger partial charge on any atom is -0.333 e. The molecule has 0 amide bonds. The van der Waals surface area contributed by atoms with E-state index in [0.717, 1.165) is 15.6 Å². The largest absolute Gasteiger partial charge is 0.333 e. The standard InChI is InChI=1S/C13H10BrFN4OS/c1-6-11(21-10(5-16)17-6)13-18-12(19-20-13)7-2-3-9(15)8(14)4-7/h2-4H,5,16H2,1H3. The number of benzene rings is 1. The molecule has 8 heteroatoms. The van der Waals surface area contributed by atoms with Gasteiger partial charge in [0.25, 0.3) is 5.89 Å². The number of aryl methyl sites for hydroxylation is 1. The van der Waals surface area contributed by atoms with Gasteiger partial charge in [0.2, 0.25) is 5.82 Å². The lowest BCUT2D eigenvalue weighted by atomic mass is 10.2. The first-order chi connectivity index (χ1) is 10.1. The lowest BCUT2D eigenvalue weighted by Crippen LogP contribution is -1.94. The van der Waals surface area contributed by atoms with E-state index in [-0.39, 0.29) is 5.82 Å². The van der Waals surface area contributed by atoms with E-state index < -0.39 is 0 Å². The Morgan fingerprint density at radius 2 is 2.19 bits per heavy atom. The number of aromatic nitrogens is 3. The van der Waals surface area contributed by atoms with Crippen molar-refractivity contribution in [2.45, 2.75) is 13.5 Å². The number of hydrogen-bond donors (Lipinski definition) is 1. The second-order valence-corrected chi connectivity index (χ2v) is 6.22. The van der Waals surface area contributed by atoms with Crippen molar-refractivity contribution in [2.24, 2.45) is 5.73 Å². The fourth-order valence-corrected chi connectivity index (χ4v) is 3.05. The SMILES string of the molecule is Cc1nc(CN)sc1-c1nc(-c2ccc(F)c(Br)c2)no1. The van der Waals surface area contributed by atoms with Crippen molar-refractivity contribution < 1.29 is 8.91 Å². The lowest BCUT2D eigenvalue weighted by molar-refractivity contribution is 0.433. The molecule has 0 saturated carbocycles. The van der Waals surface area contributed by atoms with E-state index in [4.69, 9.17) is 10.3 Å². The first-order valence-corrected chi connectivity index (χ1v) is 7.65. The van der Waals surface area contributed by atoms with E-state index in [2.05, 4.69) is 31.1 Å². The average molecular weight is 369 g/mol. The maximum absolute atomic E-state index is 13.2. The predicted molar refractivity (Wildman–Crippen MR) is 81.1 cm³/mol. The van der Waals surface area contributed by atoms with E-state index in [0.29, 0.717) is 28.3 Å². The van der Waals surface area contributed by atoms with Crippen molar-refractivity contribution >= 4 is 27.3 Å². The quantitative estimate of drug-likeness (QED) is 0.764. The third-order valence-electron chi connectivity index (χ3n) is 2.81. The second kappa shape index (κ2) is 5.63. The van der Waals surface area contributed by atoms with Crippen LogP contribution in [0.15, 0.2) is 27.2 Å². The van der Waals surface area contributed by atoms with Gasteiger partial charge in [-0.1, -0.05) is 5.16 Å². The summed E-state index contributed by atoms with van der Waals surface area (Å²) in [6, 6.07) is 4.55. The zero-order valence-corrected chi connectivity index (χ0v) is 13.3. The molecule has 0 atom stereocenters. The molecular weight excluding hydrogens is 359 g/mol. The predicted octanol–water partition coefficient (Wildman–Crippen LogP) is 3.53. The van der Waals surface area contributed by atoms with E-state index >= 15 is 0 Å². The Kier molecular flexibility index (Phi) is 3.83. The van der Waals surface area contributed by atoms with Gasteiger partial charge in [-0.2, -0.15) is 4.98 Å². The summed E-state index contributed by atoms with van der Waals surface area (Å²) >= 11 is 4.56. The highest BCUT2D eigenvalue weighted by molar-refractivity contribution is 9.10. The Balaban J connectivity index is 1.99. The van der Waals surface area contributed by atoms with E-state index in [1.54, 1.807) is 12.1 Å². The summed E-state index contributed by atoms with van der Waals surface area (Å²) in [7, 11) is 0. The number of rotatable bonds is 3. The molecule has 0 saturated heterocycles. The van der Waals surface area contributed by atoms with E-state index in [1.807, 2.05) is 6.92 Å². The molecule has 1 aromatic carbocycles. The van der Waals surface area contributed by atoms with Crippen LogP contribution in [0.3, 0.4) is 0 Å². The highest BCUT2D eigenvalue weighted by atomic mass is 79.9. The van der Waals surface area contributed by atoms with Crippen molar-refractivity contribution in [3.05, 3.63) is 39.2 Å². The molecule has 0 unspecified atom stereocenters. The molecule has 2 heterocycles. The normalized spacial score (nSPS) is 11.0. The summed E-state index contributed by atoms with van der Waals surface area (Å²) in [5.74, 6) is 0.446. The molecule has 0 radical (unpaired) electrons. The molecule has 0 aliphatic heterocycles. The molecule has 2 N–H and O–H groups in total. The highest BCUT2D eigenvalue weighted by Crippen LogP contribution is 2.31. The summed E-state index contributed by atoms with van der Waals surface area (Å²) in [5, 5.41) is 4.74. The molecule has 0 aliphatic carbocycles. The summed E-state index contributed by atoms with van der Waals surface area (Å²) in [6.07, 6.45) is 0. The number of nitrogens with two attached hydrogens (primary N) is 1. The number of halogens is 2. The molecule has 108 valence electrons. The van der Waals surface area contributed by atoms with Gasteiger partial charge >= 0.3 is 0 Å². The Morgan fingerprint density at radius 1 is 1.38 bits per heavy atom. The van der Waals surface area contributed by atoms with Crippen molar-refractivity contribution in [1.82, 2.24) is 15.1 Å². The van der Waals surface area contributed by atoms with E-state index in [1.165, 1.54) is 17.4 Å². The summed E-state index contributed by atoms with van der Waals surface area (Å²) in [5.41, 5.74) is 7.05. The van der Waals surface area contributed by atoms with Crippen LogP contribution >= 0.6 is 27.3 Å². The topological polar surface area (TPSA) is 77.8 Å².